The van der Waals surface area contributed by atoms with Crippen molar-refractivity contribution in [3.63, 3.8) is 0 Å². The van der Waals surface area contributed by atoms with E-state index in [1.165, 1.54) is 7.11 Å². The van der Waals surface area contributed by atoms with Crippen LogP contribution >= 0.6 is 0 Å². The number of carbonyl (C=O) groups is 3. The standard InChI is InChI=1S/C33H42N2O6/c1-23(2)15-16-34-30(36)17-27-19-33(32(38)39-4)24(3)41-28(22-40-21-26-13-9-6-10-14-26)18-29(33)35(31(27)37)20-25-11-7-5-8-12-25/h5-14,18,23-24,27-28H,15-17,19-22H2,1-4H3,(H,34,36)/t24-,27+,28-,33+/m1/s1. The van der Waals surface area contributed by atoms with Gasteiger partial charge in [-0.25, -0.2) is 0 Å². The van der Waals surface area contributed by atoms with Crippen molar-refractivity contribution in [2.45, 2.75) is 65.4 Å². The maximum Gasteiger partial charge on any atom is 0.320 e. The Hall–Kier alpha value is -3.49. The quantitative estimate of drug-likeness (QED) is 0.379. The first kappa shape index (κ1) is 30.5. The highest BCUT2D eigenvalue weighted by atomic mass is 16.5. The van der Waals surface area contributed by atoms with Crippen molar-refractivity contribution >= 4 is 17.8 Å². The van der Waals surface area contributed by atoms with Gasteiger partial charge in [-0.05, 0) is 42.9 Å². The van der Waals surface area contributed by atoms with Crippen LogP contribution in [-0.2, 0) is 41.7 Å². The third kappa shape index (κ3) is 7.24. The van der Waals surface area contributed by atoms with Crippen LogP contribution in [0.25, 0.3) is 0 Å². The number of nitrogens with zero attached hydrogens (tertiary/aromatic N) is 1. The second-order valence-electron chi connectivity index (χ2n) is 11.4. The van der Waals surface area contributed by atoms with Crippen molar-refractivity contribution in [3.8, 4) is 0 Å². The van der Waals surface area contributed by atoms with Crippen molar-refractivity contribution in [1.29, 1.82) is 0 Å². The Morgan fingerprint density at radius 1 is 1.07 bits per heavy atom. The second-order valence-corrected chi connectivity index (χ2v) is 11.4. The number of carbonyl (C=O) groups excluding carboxylic acids is 3. The number of amides is 2. The van der Waals surface area contributed by atoms with Crippen LogP contribution in [0.5, 0.6) is 0 Å². The molecule has 0 bridgehead atoms. The van der Waals surface area contributed by atoms with E-state index < -0.39 is 29.5 Å². The van der Waals surface area contributed by atoms with E-state index in [1.54, 1.807) is 4.90 Å². The molecular formula is C33H42N2O6. The van der Waals surface area contributed by atoms with E-state index in [1.807, 2.05) is 73.7 Å². The summed E-state index contributed by atoms with van der Waals surface area (Å²) in [6, 6.07) is 19.5. The highest BCUT2D eigenvalue weighted by molar-refractivity contribution is 5.92. The summed E-state index contributed by atoms with van der Waals surface area (Å²) in [5, 5.41) is 2.94. The average molecular weight is 563 g/mol. The molecule has 220 valence electrons. The number of methoxy groups -OCH3 is 1. The van der Waals surface area contributed by atoms with Crippen molar-refractivity contribution < 1.29 is 28.6 Å². The van der Waals surface area contributed by atoms with Gasteiger partial charge in [-0.1, -0.05) is 74.5 Å². The minimum atomic E-state index is -1.24. The fourth-order valence-corrected chi connectivity index (χ4v) is 5.74. The van der Waals surface area contributed by atoms with E-state index >= 15 is 0 Å². The van der Waals surface area contributed by atoms with Gasteiger partial charge in [0, 0.05) is 24.6 Å². The smallest absolute Gasteiger partial charge is 0.320 e. The first-order valence-corrected chi connectivity index (χ1v) is 14.4. The molecule has 2 aliphatic rings. The van der Waals surface area contributed by atoms with Crippen LogP contribution in [0.2, 0.25) is 0 Å². The average Bonchev–Trinajstić information content (AvgIpc) is 2.96. The Balaban J connectivity index is 1.64. The maximum absolute atomic E-state index is 14.0. The highest BCUT2D eigenvalue weighted by Crippen LogP contribution is 2.50. The summed E-state index contributed by atoms with van der Waals surface area (Å²) < 4.78 is 17.7. The maximum atomic E-state index is 14.0. The van der Waals surface area contributed by atoms with Crippen LogP contribution in [-0.4, -0.2) is 55.2 Å². The fraction of sp³-hybridized carbons (Fsp3) is 0.485. The van der Waals surface area contributed by atoms with Crippen LogP contribution in [0.1, 0.15) is 51.2 Å². The topological polar surface area (TPSA) is 94.2 Å². The summed E-state index contributed by atoms with van der Waals surface area (Å²) in [5.41, 5.74) is 1.28. The molecule has 0 radical (unpaired) electrons. The molecule has 8 nitrogen and oxygen atoms in total. The lowest BCUT2D eigenvalue weighted by atomic mass is 9.66. The zero-order valence-electron chi connectivity index (χ0n) is 24.5. The first-order chi connectivity index (χ1) is 19.7. The molecule has 2 amide bonds. The summed E-state index contributed by atoms with van der Waals surface area (Å²) in [4.78, 5) is 42.2. The van der Waals surface area contributed by atoms with Crippen molar-refractivity contribution in [2.24, 2.45) is 17.3 Å². The highest BCUT2D eigenvalue weighted by Gasteiger charge is 2.59. The van der Waals surface area contributed by atoms with Gasteiger partial charge in [0.05, 0.1) is 33.0 Å². The van der Waals surface area contributed by atoms with Gasteiger partial charge in [-0.15, -0.1) is 0 Å². The predicted molar refractivity (Wildman–Crippen MR) is 155 cm³/mol. The second kappa shape index (κ2) is 13.9. The van der Waals surface area contributed by atoms with Gasteiger partial charge in [-0.2, -0.15) is 0 Å². The number of nitrogens with one attached hydrogen (secondary N) is 1. The summed E-state index contributed by atoms with van der Waals surface area (Å²) >= 11 is 0. The Labute approximate surface area is 243 Å². The molecule has 2 aromatic rings. The van der Waals surface area contributed by atoms with Crippen LogP contribution in [0.4, 0.5) is 0 Å². The van der Waals surface area contributed by atoms with Gasteiger partial charge in [-0.3, -0.25) is 14.4 Å². The lowest BCUT2D eigenvalue weighted by Crippen LogP contribution is -2.60. The zero-order valence-corrected chi connectivity index (χ0v) is 24.5. The summed E-state index contributed by atoms with van der Waals surface area (Å²) in [6.45, 7) is 7.51. The molecule has 1 N–H and O–H groups in total. The number of likely N-dealkylation sites (tertiary alicyclic amines) is 1. The van der Waals surface area contributed by atoms with Gasteiger partial charge in [0.2, 0.25) is 11.8 Å². The molecule has 41 heavy (non-hydrogen) atoms. The molecule has 2 heterocycles. The molecule has 2 aliphatic heterocycles. The molecule has 0 unspecified atom stereocenters. The Morgan fingerprint density at radius 3 is 2.37 bits per heavy atom. The van der Waals surface area contributed by atoms with Gasteiger partial charge >= 0.3 is 5.97 Å². The monoisotopic (exact) mass is 562 g/mol. The normalized spacial score (nSPS) is 24.0. The Bertz CT molecular complexity index is 1210. The predicted octanol–water partition coefficient (Wildman–Crippen LogP) is 4.63. The minimum absolute atomic E-state index is 0.00935. The molecule has 0 aliphatic carbocycles. The number of hydrogen-bond donors (Lipinski definition) is 1. The molecule has 4 rings (SSSR count). The molecular weight excluding hydrogens is 520 g/mol. The molecule has 0 spiro atoms. The van der Waals surface area contributed by atoms with Crippen molar-refractivity contribution in [1.82, 2.24) is 10.2 Å². The minimum Gasteiger partial charge on any atom is -0.468 e. The van der Waals surface area contributed by atoms with E-state index in [0.29, 0.717) is 24.8 Å². The first-order valence-electron chi connectivity index (χ1n) is 14.4. The Morgan fingerprint density at radius 2 is 1.73 bits per heavy atom. The number of rotatable bonds is 12. The van der Waals surface area contributed by atoms with Crippen LogP contribution in [0.15, 0.2) is 72.4 Å². The lowest BCUT2D eigenvalue weighted by Gasteiger charge is -2.51. The third-order valence-corrected chi connectivity index (χ3v) is 7.95. The summed E-state index contributed by atoms with van der Waals surface area (Å²) in [7, 11) is 1.35. The van der Waals surface area contributed by atoms with Crippen LogP contribution in [0, 0.1) is 17.3 Å². The van der Waals surface area contributed by atoms with Crippen LogP contribution in [0.3, 0.4) is 0 Å². The Kier molecular flexibility index (Phi) is 10.3. The number of hydrogen-bond acceptors (Lipinski definition) is 6. The number of ether oxygens (including phenoxy) is 3. The fourth-order valence-electron chi connectivity index (χ4n) is 5.74. The van der Waals surface area contributed by atoms with E-state index in [0.717, 1.165) is 17.5 Å². The number of fused-ring (bicyclic) bond motifs is 1. The van der Waals surface area contributed by atoms with Gasteiger partial charge in [0.25, 0.3) is 0 Å². The van der Waals surface area contributed by atoms with Gasteiger partial charge in [0.15, 0.2) is 0 Å². The number of benzene rings is 2. The zero-order chi connectivity index (χ0) is 29.4. The summed E-state index contributed by atoms with van der Waals surface area (Å²) in [5.74, 6) is -1.11. The van der Waals surface area contributed by atoms with Crippen molar-refractivity contribution in [3.05, 3.63) is 83.6 Å². The van der Waals surface area contributed by atoms with E-state index in [-0.39, 0.29) is 37.8 Å². The lowest BCUT2D eigenvalue weighted by molar-refractivity contribution is -0.178. The molecule has 1 saturated heterocycles. The molecule has 8 heteroatoms. The summed E-state index contributed by atoms with van der Waals surface area (Å²) in [6.07, 6.45) is 1.72. The SMILES string of the molecule is COC(=O)[C@]12C[C@H](CC(=O)NCCC(C)C)C(=O)N(Cc3ccccc3)C1=C[C@H](COCc1ccccc1)O[C@@H]2C. The number of esters is 1. The largest absolute Gasteiger partial charge is 0.468 e. The molecule has 0 saturated carbocycles. The molecule has 2 aromatic carbocycles. The van der Waals surface area contributed by atoms with Crippen LogP contribution < -0.4 is 5.32 Å². The number of piperidine rings is 1. The molecule has 0 aromatic heterocycles. The molecule has 4 atom stereocenters. The molecule has 1 fully saturated rings. The third-order valence-electron chi connectivity index (χ3n) is 7.95. The van der Waals surface area contributed by atoms with E-state index in [2.05, 4.69) is 19.2 Å². The van der Waals surface area contributed by atoms with Gasteiger partial charge in [0.1, 0.15) is 11.5 Å². The van der Waals surface area contributed by atoms with E-state index in [4.69, 9.17) is 14.2 Å². The van der Waals surface area contributed by atoms with Gasteiger partial charge < -0.3 is 24.4 Å². The van der Waals surface area contributed by atoms with Crippen molar-refractivity contribution in [2.75, 3.05) is 20.3 Å². The van der Waals surface area contributed by atoms with E-state index in [9.17, 15) is 14.4 Å².